The van der Waals surface area contributed by atoms with Gasteiger partial charge in [-0.15, -0.1) is 5.10 Å². The fourth-order valence-electron chi connectivity index (χ4n) is 2.13. The Kier molecular flexibility index (Phi) is 3.54. The van der Waals surface area contributed by atoms with E-state index in [-0.39, 0.29) is 6.04 Å². The lowest BCUT2D eigenvalue weighted by molar-refractivity contribution is 0.670. The van der Waals surface area contributed by atoms with Crippen LogP contribution in [0, 0.1) is 0 Å². The van der Waals surface area contributed by atoms with Gasteiger partial charge in [-0.3, -0.25) is 0 Å². The zero-order chi connectivity index (χ0) is 14.1. The lowest BCUT2D eigenvalue weighted by Gasteiger charge is -2.04. The zero-order valence-electron chi connectivity index (χ0n) is 11.1. The number of nitrogens with zero attached hydrogens (tertiary/aromatic N) is 3. The van der Waals surface area contributed by atoms with Crippen molar-refractivity contribution in [3.8, 4) is 5.69 Å². The summed E-state index contributed by atoms with van der Waals surface area (Å²) < 4.78 is 2.85. The zero-order valence-corrected chi connectivity index (χ0v) is 12.7. The summed E-state index contributed by atoms with van der Waals surface area (Å²) >= 11 is 3.48. The van der Waals surface area contributed by atoms with Gasteiger partial charge in [-0.1, -0.05) is 40.2 Å². The first-order chi connectivity index (χ1) is 9.67. The molecule has 102 valence electrons. The molecule has 1 aromatic heterocycles. The minimum Gasteiger partial charge on any atom is -0.323 e. The van der Waals surface area contributed by atoms with Gasteiger partial charge in [0.1, 0.15) is 0 Å². The molecule has 0 aliphatic heterocycles. The number of fused-ring (bicyclic) bond motifs is 1. The van der Waals surface area contributed by atoms with Gasteiger partial charge in [0, 0.05) is 4.47 Å². The summed E-state index contributed by atoms with van der Waals surface area (Å²) in [5, 5.41) is 10.7. The van der Waals surface area contributed by atoms with Crippen LogP contribution in [0.15, 0.2) is 47.1 Å². The van der Waals surface area contributed by atoms with E-state index in [1.807, 2.05) is 25.3 Å². The molecule has 0 bridgehead atoms. The van der Waals surface area contributed by atoms with E-state index in [1.165, 1.54) is 10.8 Å². The first-order valence-electron chi connectivity index (χ1n) is 6.55. The van der Waals surface area contributed by atoms with Crippen molar-refractivity contribution in [2.75, 3.05) is 0 Å². The molecule has 0 aliphatic carbocycles. The third-order valence-electron chi connectivity index (χ3n) is 3.38. The molecule has 1 unspecified atom stereocenters. The lowest BCUT2D eigenvalue weighted by atomic mass is 10.1. The fourth-order valence-corrected chi connectivity index (χ4v) is 2.51. The van der Waals surface area contributed by atoms with Crippen molar-refractivity contribution in [1.29, 1.82) is 0 Å². The summed E-state index contributed by atoms with van der Waals surface area (Å²) in [6.45, 7) is 2.04. The van der Waals surface area contributed by atoms with Crippen molar-refractivity contribution in [3.05, 3.63) is 52.8 Å². The smallest absolute Gasteiger partial charge is 0.0998 e. The molecule has 2 N–H and O–H groups in total. The van der Waals surface area contributed by atoms with Gasteiger partial charge in [0.25, 0.3) is 0 Å². The quantitative estimate of drug-likeness (QED) is 0.798. The molecule has 3 rings (SSSR count). The molecule has 1 atom stereocenters. The highest BCUT2D eigenvalue weighted by Gasteiger charge is 2.09. The third kappa shape index (κ3) is 2.46. The largest absolute Gasteiger partial charge is 0.323 e. The molecule has 4 nitrogen and oxygen atoms in total. The maximum absolute atomic E-state index is 5.97. The van der Waals surface area contributed by atoms with Gasteiger partial charge >= 0.3 is 0 Å². The van der Waals surface area contributed by atoms with Gasteiger partial charge < -0.3 is 5.73 Å². The summed E-state index contributed by atoms with van der Waals surface area (Å²) in [7, 11) is 0. The Bertz CT molecular complexity index is 750. The number of hydrogen-bond donors (Lipinski definition) is 1. The maximum Gasteiger partial charge on any atom is 0.0998 e. The first kappa shape index (κ1) is 13.3. The number of nitrogens with two attached hydrogens (primary N) is 1. The Balaban J connectivity index is 2.01. The highest BCUT2D eigenvalue weighted by molar-refractivity contribution is 9.10. The first-order valence-corrected chi connectivity index (χ1v) is 7.34. The molecule has 1 heterocycles. The molecule has 0 spiro atoms. The van der Waals surface area contributed by atoms with Crippen LogP contribution in [0.3, 0.4) is 0 Å². The van der Waals surface area contributed by atoms with E-state index >= 15 is 0 Å². The Labute approximate surface area is 125 Å². The van der Waals surface area contributed by atoms with E-state index in [1.54, 1.807) is 4.68 Å². The van der Waals surface area contributed by atoms with Gasteiger partial charge in [0.15, 0.2) is 0 Å². The number of benzene rings is 2. The summed E-state index contributed by atoms with van der Waals surface area (Å²) in [6, 6.07) is 12.4. The van der Waals surface area contributed by atoms with Crippen molar-refractivity contribution >= 4 is 26.7 Å². The molecule has 0 aliphatic rings. The standard InChI is InChI=1S/C15H15BrN4/c1-2-14(17)15-9-20(19-18-15)13-6-4-10-7-12(16)5-3-11(10)8-13/h3-9,14H,2,17H2,1H3. The van der Waals surface area contributed by atoms with Gasteiger partial charge in [-0.25, -0.2) is 4.68 Å². The maximum atomic E-state index is 5.97. The van der Waals surface area contributed by atoms with Crippen LogP contribution in [-0.2, 0) is 0 Å². The van der Waals surface area contributed by atoms with E-state index in [0.717, 1.165) is 22.3 Å². The van der Waals surface area contributed by atoms with E-state index in [0.29, 0.717) is 0 Å². The van der Waals surface area contributed by atoms with Crippen LogP contribution >= 0.6 is 15.9 Å². The Morgan fingerprint density at radius 3 is 2.75 bits per heavy atom. The molecule has 5 heteroatoms. The van der Waals surface area contributed by atoms with Gasteiger partial charge in [-0.2, -0.15) is 0 Å². The number of halogens is 1. The molecular weight excluding hydrogens is 316 g/mol. The van der Waals surface area contributed by atoms with Crippen LogP contribution in [0.1, 0.15) is 25.1 Å². The summed E-state index contributed by atoms with van der Waals surface area (Å²) in [5.41, 5.74) is 7.78. The minimum absolute atomic E-state index is 0.0554. The van der Waals surface area contributed by atoms with Gasteiger partial charge in [0.05, 0.1) is 23.6 Å². The highest BCUT2D eigenvalue weighted by atomic mass is 79.9. The molecule has 3 aromatic rings. The predicted octanol–water partition coefficient (Wildman–Crippen LogP) is 3.59. The number of rotatable bonds is 3. The van der Waals surface area contributed by atoms with Crippen LogP contribution in [-0.4, -0.2) is 15.0 Å². The van der Waals surface area contributed by atoms with Crippen molar-refractivity contribution in [2.45, 2.75) is 19.4 Å². The Hall–Kier alpha value is -1.72. The van der Waals surface area contributed by atoms with Crippen LogP contribution < -0.4 is 5.73 Å². The predicted molar refractivity (Wildman–Crippen MR) is 83.8 cm³/mol. The topological polar surface area (TPSA) is 56.7 Å². The SMILES string of the molecule is CCC(N)c1cn(-c2ccc3cc(Br)ccc3c2)nn1. The number of aromatic nitrogens is 3. The molecule has 0 fully saturated rings. The van der Waals surface area contributed by atoms with Crippen molar-refractivity contribution < 1.29 is 0 Å². The summed E-state index contributed by atoms with van der Waals surface area (Å²) in [6.07, 6.45) is 2.75. The molecular formula is C15H15BrN4. The van der Waals surface area contributed by atoms with E-state index in [4.69, 9.17) is 5.73 Å². The molecule has 0 amide bonds. The molecule has 2 aromatic carbocycles. The van der Waals surface area contributed by atoms with E-state index in [2.05, 4.69) is 50.5 Å². The van der Waals surface area contributed by atoms with Crippen molar-refractivity contribution in [3.63, 3.8) is 0 Å². The molecule has 0 saturated carbocycles. The normalized spacial score (nSPS) is 12.8. The average Bonchev–Trinajstić information content (AvgIpc) is 2.95. The van der Waals surface area contributed by atoms with Gasteiger partial charge in [0.2, 0.25) is 0 Å². The fraction of sp³-hybridized carbons (Fsp3) is 0.200. The van der Waals surface area contributed by atoms with Crippen LogP contribution in [0.2, 0.25) is 0 Å². The molecule has 0 saturated heterocycles. The molecule has 20 heavy (non-hydrogen) atoms. The summed E-state index contributed by atoms with van der Waals surface area (Å²) in [4.78, 5) is 0. The Morgan fingerprint density at radius 1 is 1.20 bits per heavy atom. The highest BCUT2D eigenvalue weighted by Crippen LogP contribution is 2.22. The second-order valence-electron chi connectivity index (χ2n) is 4.78. The number of hydrogen-bond acceptors (Lipinski definition) is 3. The molecule has 0 radical (unpaired) electrons. The van der Waals surface area contributed by atoms with Crippen LogP contribution in [0.4, 0.5) is 0 Å². The minimum atomic E-state index is -0.0554. The van der Waals surface area contributed by atoms with Gasteiger partial charge in [-0.05, 0) is 41.5 Å². The van der Waals surface area contributed by atoms with Crippen molar-refractivity contribution in [2.24, 2.45) is 5.73 Å². The average molecular weight is 331 g/mol. The second-order valence-corrected chi connectivity index (χ2v) is 5.69. The van der Waals surface area contributed by atoms with E-state index < -0.39 is 0 Å². The van der Waals surface area contributed by atoms with Crippen LogP contribution in [0.5, 0.6) is 0 Å². The monoisotopic (exact) mass is 330 g/mol. The van der Waals surface area contributed by atoms with Crippen LogP contribution in [0.25, 0.3) is 16.5 Å². The second kappa shape index (κ2) is 5.34. The summed E-state index contributed by atoms with van der Waals surface area (Å²) in [5.74, 6) is 0. The lowest BCUT2D eigenvalue weighted by Crippen LogP contribution is -2.08. The van der Waals surface area contributed by atoms with Crippen molar-refractivity contribution in [1.82, 2.24) is 15.0 Å². The Morgan fingerprint density at radius 2 is 1.95 bits per heavy atom. The van der Waals surface area contributed by atoms with E-state index in [9.17, 15) is 0 Å². The third-order valence-corrected chi connectivity index (χ3v) is 3.87.